The van der Waals surface area contributed by atoms with E-state index in [1.165, 1.54) is 83.5 Å². The topological polar surface area (TPSA) is 25.3 Å². The zero-order chi connectivity index (χ0) is 31.1. The Balaban J connectivity index is 0.000000621. The van der Waals surface area contributed by atoms with E-state index in [0.717, 1.165) is 67.5 Å². The number of rotatable bonds is 18. The minimum atomic E-state index is 0.846. The van der Waals surface area contributed by atoms with E-state index in [-0.39, 0.29) is 0 Å². The molecule has 0 saturated carbocycles. The van der Waals surface area contributed by atoms with Crippen LogP contribution in [0.1, 0.15) is 140 Å². The van der Waals surface area contributed by atoms with Crippen LogP contribution >= 0.6 is 0 Å². The molecule has 43 heavy (non-hydrogen) atoms. The van der Waals surface area contributed by atoms with Gasteiger partial charge in [-0.25, -0.2) is 4.70 Å². The first-order valence-electron chi connectivity index (χ1n) is 17.1. The first-order valence-corrected chi connectivity index (χ1v) is 18.5. The Morgan fingerprint density at radius 3 is 1.95 bits per heavy atom. The number of unbranched alkanes of at least 4 members (excludes halogenated alkanes) is 6. The third kappa shape index (κ3) is 13.4. The summed E-state index contributed by atoms with van der Waals surface area (Å²) in [6, 6.07) is 17.2. The van der Waals surface area contributed by atoms with E-state index in [0.29, 0.717) is 0 Å². The Kier molecular flexibility index (Phi) is 19.7. The van der Waals surface area contributed by atoms with Crippen molar-refractivity contribution in [3.8, 4) is 11.8 Å². The number of allylic oxidation sites excluding steroid dienone is 2. The summed E-state index contributed by atoms with van der Waals surface area (Å²) in [4.78, 5) is 0. The Bertz CT molecular complexity index is 1190. The Labute approximate surface area is 271 Å². The molecule has 238 valence electrons. The fourth-order valence-corrected chi connectivity index (χ4v) is 6.40. The van der Waals surface area contributed by atoms with Crippen molar-refractivity contribution in [3.63, 3.8) is 0 Å². The third-order valence-electron chi connectivity index (χ3n) is 7.62. The van der Waals surface area contributed by atoms with Gasteiger partial charge >= 0.3 is 64.8 Å². The van der Waals surface area contributed by atoms with Gasteiger partial charge in [0.05, 0.1) is 0 Å². The molecule has 0 bridgehead atoms. The van der Waals surface area contributed by atoms with Gasteiger partial charge in [-0.2, -0.15) is 0 Å². The maximum atomic E-state index is 11.4. The fraction of sp³-hybridized carbons (Fsp3) is 0.550. The zero-order valence-electron chi connectivity index (χ0n) is 27.9. The van der Waals surface area contributed by atoms with Gasteiger partial charge in [-0.15, -0.1) is 11.8 Å². The van der Waals surface area contributed by atoms with Crippen LogP contribution in [0.4, 0.5) is 0 Å². The summed E-state index contributed by atoms with van der Waals surface area (Å²) in [5, 5.41) is 2.78. The van der Waals surface area contributed by atoms with Gasteiger partial charge in [-0.3, -0.25) is 0 Å². The first kappa shape index (κ1) is 36.8. The zero-order valence-corrected chi connectivity index (χ0v) is 28.9. The number of hydrogen-bond donors (Lipinski definition) is 0. The van der Waals surface area contributed by atoms with Gasteiger partial charge in [0.15, 0.2) is 0 Å². The van der Waals surface area contributed by atoms with Gasteiger partial charge in [0.25, 0.3) is 0 Å². The van der Waals surface area contributed by atoms with Gasteiger partial charge in [0, 0.05) is 35.6 Å². The Hall–Kier alpha value is -2.43. The van der Waals surface area contributed by atoms with Crippen LogP contribution in [0.5, 0.6) is 0 Å². The Morgan fingerprint density at radius 1 is 0.651 bits per heavy atom. The van der Waals surface area contributed by atoms with E-state index >= 15 is 0 Å². The molecule has 0 radical (unpaired) electrons. The van der Waals surface area contributed by atoms with Crippen molar-refractivity contribution in [2.45, 2.75) is 142 Å². The molecule has 3 rings (SSSR count). The molecule has 1 heterocycles. The first-order chi connectivity index (χ1) is 21.1. The molecule has 2 aromatic rings. The summed E-state index contributed by atoms with van der Waals surface area (Å²) in [7, 11) is 0. The molecule has 0 N–H and O–H groups in total. The summed E-state index contributed by atoms with van der Waals surface area (Å²) in [6.07, 6.45) is 19.6. The molecule has 0 aromatic heterocycles. The number of nitrogens with zero attached hydrogens (tertiary/aromatic N) is 2. The summed E-state index contributed by atoms with van der Waals surface area (Å²) in [5.41, 5.74) is 19.3. The van der Waals surface area contributed by atoms with E-state index in [2.05, 4.69) is 101 Å². The van der Waals surface area contributed by atoms with Crippen molar-refractivity contribution in [3.05, 3.63) is 88.0 Å². The van der Waals surface area contributed by atoms with Gasteiger partial charge in [-0.05, 0) is 67.9 Å². The van der Waals surface area contributed by atoms with Crippen molar-refractivity contribution < 1.29 is 19.1 Å². The third-order valence-corrected chi connectivity index (χ3v) is 9.01. The van der Waals surface area contributed by atoms with Gasteiger partial charge in [0.1, 0.15) is 0 Å². The molecule has 1 aliphatic heterocycles. The number of aryl methyl sites for hydroxylation is 2. The van der Waals surface area contributed by atoms with Crippen LogP contribution in [-0.4, -0.2) is 4.70 Å². The van der Waals surface area contributed by atoms with Gasteiger partial charge in [-0.1, -0.05) is 70.4 Å². The second kappa shape index (κ2) is 23.0. The van der Waals surface area contributed by atoms with E-state index in [4.69, 9.17) is 0 Å². The average Bonchev–Trinajstić information content (AvgIpc) is 3.36. The van der Waals surface area contributed by atoms with Crippen LogP contribution < -0.4 is 0 Å². The van der Waals surface area contributed by atoms with Crippen molar-refractivity contribution in [1.82, 2.24) is 0 Å². The quantitative estimate of drug-likeness (QED) is 0.0682. The number of hydrogen-bond acceptors (Lipinski definition) is 0. The molecule has 0 amide bonds. The fourth-order valence-electron chi connectivity index (χ4n) is 4.96. The van der Waals surface area contributed by atoms with Crippen molar-refractivity contribution >= 4 is 11.4 Å². The molecule has 0 unspecified atom stereocenters. The van der Waals surface area contributed by atoms with Crippen LogP contribution in [0, 0.1) is 11.8 Å². The average molecular weight is 626 g/mol. The van der Waals surface area contributed by atoms with Crippen LogP contribution in [0.15, 0.2) is 60.2 Å². The monoisotopic (exact) mass is 624 g/mol. The molecule has 0 saturated heterocycles. The Morgan fingerprint density at radius 2 is 1.30 bits per heavy atom. The van der Waals surface area contributed by atoms with Crippen LogP contribution in [-0.2, 0) is 27.3 Å². The van der Waals surface area contributed by atoms with E-state index in [1.54, 1.807) is 0 Å². The molecular weight excluding hydrogens is 567 g/mol. The SMILES string of the molecule is CCCC#CCCc1ccccc1C1=CC(CCCCC)=C(c2ccc(CCCC)cc2)[N+]1=[N-].CCC[CH2][Ni][CH2]CCC. The molecule has 0 spiro atoms. The standard InChI is InChI=1S/C32H40N2.2C4H9.Ni/c1-4-7-10-11-13-17-27-18-14-15-20-30(27)31-25-29(19-12-8-5-2)32(34(31)33)28-23-21-26(22-24-28)16-9-6-3;2*1-3-4-2;/h14-15,18,20-25H,4-9,12-13,16-17,19H2,1-3H3;2*1,3-4H2,2H3;. The van der Waals surface area contributed by atoms with Gasteiger partial charge < -0.3 is 5.53 Å². The van der Waals surface area contributed by atoms with Crippen molar-refractivity contribution in [1.29, 1.82) is 0 Å². The van der Waals surface area contributed by atoms with E-state index < -0.39 is 0 Å². The van der Waals surface area contributed by atoms with Crippen molar-refractivity contribution in [2.75, 3.05) is 0 Å². The van der Waals surface area contributed by atoms with Crippen molar-refractivity contribution in [2.24, 2.45) is 0 Å². The molecule has 2 nitrogen and oxygen atoms in total. The predicted molar refractivity (Wildman–Crippen MR) is 185 cm³/mol. The maximum absolute atomic E-state index is 11.4. The molecule has 0 aliphatic carbocycles. The molecule has 3 heteroatoms. The van der Waals surface area contributed by atoms with E-state index in [9.17, 15) is 5.53 Å². The van der Waals surface area contributed by atoms with Crippen LogP contribution in [0.2, 0.25) is 10.8 Å². The summed E-state index contributed by atoms with van der Waals surface area (Å²) >= 11 is 1.94. The minimum absolute atomic E-state index is 0.846. The van der Waals surface area contributed by atoms with Crippen LogP contribution in [0.25, 0.3) is 16.9 Å². The van der Waals surface area contributed by atoms with E-state index in [1.807, 2.05) is 14.4 Å². The summed E-state index contributed by atoms with van der Waals surface area (Å²) in [5.74, 6) is 6.56. The number of benzene rings is 2. The predicted octanol–water partition coefficient (Wildman–Crippen LogP) is 12.7. The second-order valence-corrected chi connectivity index (χ2v) is 12.9. The summed E-state index contributed by atoms with van der Waals surface area (Å²) < 4.78 is 1.43. The summed E-state index contributed by atoms with van der Waals surface area (Å²) in [6.45, 7) is 11.1. The second-order valence-electron chi connectivity index (χ2n) is 11.4. The molecular formula is C40H58N2Ni. The molecule has 0 fully saturated rings. The normalized spacial score (nSPS) is 12.6. The molecule has 0 atom stereocenters. The van der Waals surface area contributed by atoms with Gasteiger partial charge in [0.2, 0.25) is 11.4 Å². The molecule has 1 aliphatic rings. The van der Waals surface area contributed by atoms with Crippen LogP contribution in [0.3, 0.4) is 0 Å². The molecule has 2 aromatic carbocycles.